The highest BCUT2D eigenvalue weighted by atomic mass is 16.1. The Bertz CT molecular complexity index is 436. The highest BCUT2D eigenvalue weighted by Gasteiger charge is 2.21. The third-order valence-corrected chi connectivity index (χ3v) is 3.97. The molecule has 1 fully saturated rings. The van der Waals surface area contributed by atoms with Gasteiger partial charge in [0.05, 0.1) is 0 Å². The number of benzene rings is 1. The van der Waals surface area contributed by atoms with E-state index < -0.39 is 0 Å². The predicted octanol–water partition coefficient (Wildman–Crippen LogP) is 2.28. The van der Waals surface area contributed by atoms with Gasteiger partial charge in [-0.1, -0.05) is 24.1 Å². The summed E-state index contributed by atoms with van der Waals surface area (Å²) in [5.41, 5.74) is 3.06. The minimum Gasteiger partial charge on any atom is -0.352 e. The molecule has 3 nitrogen and oxygen atoms in total. The predicted molar refractivity (Wildman–Crippen MR) is 78.4 cm³/mol. The maximum Gasteiger partial charge on any atom is 0.251 e. The van der Waals surface area contributed by atoms with Crippen molar-refractivity contribution in [2.45, 2.75) is 27.2 Å². The molecule has 0 saturated carbocycles. The maximum absolute atomic E-state index is 12.2. The van der Waals surface area contributed by atoms with E-state index in [0.29, 0.717) is 11.8 Å². The molecule has 1 aromatic carbocycles. The van der Waals surface area contributed by atoms with Crippen LogP contribution < -0.4 is 10.6 Å². The average Bonchev–Trinajstić information content (AvgIpc) is 2.36. The molecule has 1 aromatic rings. The second kappa shape index (κ2) is 6.20. The highest BCUT2D eigenvalue weighted by Crippen LogP contribution is 2.17. The molecule has 1 aliphatic heterocycles. The topological polar surface area (TPSA) is 41.1 Å². The van der Waals surface area contributed by atoms with Crippen LogP contribution in [0.3, 0.4) is 0 Å². The van der Waals surface area contributed by atoms with Crippen molar-refractivity contribution in [1.29, 1.82) is 0 Å². The number of hydrogen-bond donors (Lipinski definition) is 2. The molecule has 0 aromatic heterocycles. The SMILES string of the molecule is Cc1cc(C)cc(C(=O)NCC2CCNCC2C)c1. The smallest absolute Gasteiger partial charge is 0.251 e. The molecule has 0 bridgehead atoms. The van der Waals surface area contributed by atoms with Crippen LogP contribution >= 0.6 is 0 Å². The van der Waals surface area contributed by atoms with Gasteiger partial charge in [-0.3, -0.25) is 4.79 Å². The van der Waals surface area contributed by atoms with Gasteiger partial charge in [-0.05, 0) is 57.3 Å². The van der Waals surface area contributed by atoms with Gasteiger partial charge in [0.15, 0.2) is 0 Å². The van der Waals surface area contributed by atoms with E-state index in [4.69, 9.17) is 0 Å². The van der Waals surface area contributed by atoms with Crippen molar-refractivity contribution >= 4 is 5.91 Å². The van der Waals surface area contributed by atoms with E-state index in [1.165, 1.54) is 0 Å². The zero-order chi connectivity index (χ0) is 13.8. The minimum atomic E-state index is 0.0533. The standard InChI is InChI=1S/C16H24N2O/c1-11-6-12(2)8-15(7-11)16(19)18-10-14-4-5-17-9-13(14)3/h6-8,13-14,17H,4-5,9-10H2,1-3H3,(H,18,19). The number of aryl methyl sites for hydroxylation is 2. The van der Waals surface area contributed by atoms with Gasteiger partial charge in [0.1, 0.15) is 0 Å². The van der Waals surface area contributed by atoms with Crippen LogP contribution in [-0.2, 0) is 0 Å². The molecule has 1 aliphatic rings. The van der Waals surface area contributed by atoms with Gasteiger partial charge in [-0.2, -0.15) is 0 Å². The van der Waals surface area contributed by atoms with Crippen molar-refractivity contribution in [2.75, 3.05) is 19.6 Å². The second-order valence-electron chi connectivity index (χ2n) is 5.82. The molecule has 2 atom stereocenters. The summed E-state index contributed by atoms with van der Waals surface area (Å²) < 4.78 is 0. The van der Waals surface area contributed by atoms with E-state index in [-0.39, 0.29) is 5.91 Å². The van der Waals surface area contributed by atoms with Gasteiger partial charge in [0.25, 0.3) is 5.91 Å². The Balaban J connectivity index is 1.93. The Morgan fingerprint density at radius 2 is 2.00 bits per heavy atom. The lowest BCUT2D eigenvalue weighted by Crippen LogP contribution is -2.41. The van der Waals surface area contributed by atoms with E-state index in [9.17, 15) is 4.79 Å². The normalized spacial score (nSPS) is 23.1. The first-order valence-corrected chi connectivity index (χ1v) is 7.13. The van der Waals surface area contributed by atoms with Crippen LogP contribution in [0, 0.1) is 25.7 Å². The maximum atomic E-state index is 12.2. The third kappa shape index (κ3) is 3.80. The molecule has 19 heavy (non-hydrogen) atoms. The molecular weight excluding hydrogens is 236 g/mol. The monoisotopic (exact) mass is 260 g/mol. The fourth-order valence-electron chi connectivity index (χ4n) is 2.80. The van der Waals surface area contributed by atoms with Gasteiger partial charge in [-0.25, -0.2) is 0 Å². The van der Waals surface area contributed by atoms with Crippen LogP contribution in [0.1, 0.15) is 34.8 Å². The fraction of sp³-hybridized carbons (Fsp3) is 0.562. The molecule has 104 valence electrons. The molecule has 1 saturated heterocycles. The van der Waals surface area contributed by atoms with Gasteiger partial charge >= 0.3 is 0 Å². The van der Waals surface area contributed by atoms with Crippen LogP contribution in [0.5, 0.6) is 0 Å². The van der Waals surface area contributed by atoms with E-state index in [2.05, 4.69) is 23.6 Å². The molecule has 2 N–H and O–H groups in total. The minimum absolute atomic E-state index is 0.0533. The summed E-state index contributed by atoms with van der Waals surface area (Å²) in [6.45, 7) is 9.21. The molecule has 3 heteroatoms. The van der Waals surface area contributed by atoms with Gasteiger partial charge < -0.3 is 10.6 Å². The number of carbonyl (C=O) groups excluding carboxylic acids is 1. The Morgan fingerprint density at radius 3 is 2.63 bits per heavy atom. The first-order chi connectivity index (χ1) is 9.06. The van der Waals surface area contributed by atoms with Crippen molar-refractivity contribution in [1.82, 2.24) is 10.6 Å². The van der Waals surface area contributed by atoms with Crippen LogP contribution in [-0.4, -0.2) is 25.5 Å². The van der Waals surface area contributed by atoms with Gasteiger partial charge in [0, 0.05) is 12.1 Å². The van der Waals surface area contributed by atoms with Crippen LogP contribution in [0.2, 0.25) is 0 Å². The van der Waals surface area contributed by atoms with Gasteiger partial charge in [0.2, 0.25) is 0 Å². The Morgan fingerprint density at radius 1 is 1.32 bits per heavy atom. The molecule has 0 aliphatic carbocycles. The van der Waals surface area contributed by atoms with Crippen molar-refractivity contribution in [3.8, 4) is 0 Å². The van der Waals surface area contributed by atoms with E-state index in [1.54, 1.807) is 0 Å². The van der Waals surface area contributed by atoms with E-state index in [0.717, 1.165) is 42.7 Å². The first kappa shape index (κ1) is 14.1. The van der Waals surface area contributed by atoms with Crippen molar-refractivity contribution < 1.29 is 4.79 Å². The number of nitrogens with one attached hydrogen (secondary N) is 2. The van der Waals surface area contributed by atoms with Crippen molar-refractivity contribution in [2.24, 2.45) is 11.8 Å². The fourth-order valence-corrected chi connectivity index (χ4v) is 2.80. The van der Waals surface area contributed by atoms with Crippen molar-refractivity contribution in [3.05, 3.63) is 34.9 Å². The summed E-state index contributed by atoms with van der Waals surface area (Å²) in [7, 11) is 0. The molecule has 2 rings (SSSR count). The number of rotatable bonds is 3. The number of piperidine rings is 1. The second-order valence-corrected chi connectivity index (χ2v) is 5.82. The van der Waals surface area contributed by atoms with Crippen molar-refractivity contribution in [3.63, 3.8) is 0 Å². The van der Waals surface area contributed by atoms with Crippen LogP contribution in [0.4, 0.5) is 0 Å². The molecule has 0 radical (unpaired) electrons. The molecule has 1 amide bonds. The Kier molecular flexibility index (Phi) is 4.59. The molecular formula is C16H24N2O. The molecule has 1 heterocycles. The Labute approximate surface area is 115 Å². The van der Waals surface area contributed by atoms with Gasteiger partial charge in [-0.15, -0.1) is 0 Å². The molecule has 0 spiro atoms. The number of amides is 1. The lowest BCUT2D eigenvalue weighted by atomic mass is 9.88. The molecule has 2 unspecified atom stereocenters. The Hall–Kier alpha value is -1.35. The number of carbonyl (C=O) groups is 1. The largest absolute Gasteiger partial charge is 0.352 e. The zero-order valence-corrected chi connectivity index (χ0v) is 12.1. The third-order valence-electron chi connectivity index (χ3n) is 3.97. The quantitative estimate of drug-likeness (QED) is 0.875. The average molecular weight is 260 g/mol. The van der Waals surface area contributed by atoms with E-state index >= 15 is 0 Å². The summed E-state index contributed by atoms with van der Waals surface area (Å²) in [6.07, 6.45) is 1.15. The van der Waals surface area contributed by atoms with Crippen LogP contribution in [0.25, 0.3) is 0 Å². The van der Waals surface area contributed by atoms with E-state index in [1.807, 2.05) is 26.0 Å². The summed E-state index contributed by atoms with van der Waals surface area (Å²) in [5.74, 6) is 1.28. The number of hydrogen-bond acceptors (Lipinski definition) is 2. The highest BCUT2D eigenvalue weighted by molar-refractivity contribution is 5.94. The summed E-state index contributed by atoms with van der Waals surface area (Å²) in [5, 5.41) is 6.47. The lowest BCUT2D eigenvalue weighted by Gasteiger charge is -2.29. The summed E-state index contributed by atoms with van der Waals surface area (Å²) >= 11 is 0. The summed E-state index contributed by atoms with van der Waals surface area (Å²) in [4.78, 5) is 12.2. The first-order valence-electron chi connectivity index (χ1n) is 7.13. The lowest BCUT2D eigenvalue weighted by molar-refractivity contribution is 0.0938. The summed E-state index contributed by atoms with van der Waals surface area (Å²) in [6, 6.07) is 5.99. The van der Waals surface area contributed by atoms with Crippen LogP contribution in [0.15, 0.2) is 18.2 Å². The zero-order valence-electron chi connectivity index (χ0n) is 12.1.